The van der Waals surface area contributed by atoms with Crippen molar-refractivity contribution in [2.75, 3.05) is 30.3 Å². The fraction of sp³-hybridized carbons (Fsp3) is 0.306. The van der Waals surface area contributed by atoms with Gasteiger partial charge in [-0.15, -0.1) is 0 Å². The number of ether oxygens (including phenoxy) is 3. The second kappa shape index (κ2) is 14.7. The van der Waals surface area contributed by atoms with Crippen LogP contribution in [0.15, 0.2) is 103 Å². The first-order valence-corrected chi connectivity index (χ1v) is 15.4. The molecule has 4 aromatic carbocycles. The smallest absolute Gasteiger partial charge is 0.323 e. The molecular weight excluding hydrogens is 570 g/mol. The Hall–Kier alpha value is -4.25. The van der Waals surface area contributed by atoms with E-state index in [1.54, 1.807) is 24.3 Å². The predicted octanol–water partition coefficient (Wildman–Crippen LogP) is 6.62. The Labute approximate surface area is 263 Å². The van der Waals surface area contributed by atoms with Gasteiger partial charge in [0.1, 0.15) is 11.5 Å². The Morgan fingerprint density at radius 1 is 0.800 bits per heavy atom. The topological polar surface area (TPSA) is 113 Å². The maximum absolute atomic E-state index is 12.7. The third-order valence-corrected chi connectivity index (χ3v) is 8.29. The van der Waals surface area contributed by atoms with Crippen molar-refractivity contribution in [3.63, 3.8) is 0 Å². The number of likely N-dealkylation sites (tertiary alicyclic amines) is 1. The fourth-order valence-corrected chi connectivity index (χ4v) is 5.88. The number of aliphatic hydroxyl groups is 2. The summed E-state index contributed by atoms with van der Waals surface area (Å²) < 4.78 is 18.8. The first-order chi connectivity index (χ1) is 22.1. The zero-order valence-corrected chi connectivity index (χ0v) is 25.0. The molecule has 6 rings (SSSR count). The van der Waals surface area contributed by atoms with Crippen LogP contribution in [0.4, 0.5) is 16.2 Å². The van der Waals surface area contributed by atoms with Crippen molar-refractivity contribution in [1.82, 2.24) is 4.90 Å². The van der Waals surface area contributed by atoms with Crippen LogP contribution >= 0.6 is 0 Å². The van der Waals surface area contributed by atoms with E-state index in [2.05, 4.69) is 15.5 Å². The van der Waals surface area contributed by atoms with Gasteiger partial charge in [-0.2, -0.15) is 0 Å². The minimum absolute atomic E-state index is 0.00786. The Bertz CT molecular complexity index is 1520. The molecule has 9 nitrogen and oxygen atoms in total. The molecule has 2 heterocycles. The van der Waals surface area contributed by atoms with Crippen LogP contribution in [0.25, 0.3) is 0 Å². The first-order valence-electron chi connectivity index (χ1n) is 15.4. The van der Waals surface area contributed by atoms with E-state index < -0.39 is 6.29 Å². The largest absolute Gasteiger partial charge is 0.457 e. The molecule has 4 aromatic rings. The number of urea groups is 1. The van der Waals surface area contributed by atoms with Gasteiger partial charge in [0.15, 0.2) is 6.29 Å². The van der Waals surface area contributed by atoms with Crippen molar-refractivity contribution >= 4 is 17.4 Å². The normalized spacial score (nSPS) is 21.7. The van der Waals surface area contributed by atoms with Gasteiger partial charge in [-0.05, 0) is 79.0 Å². The van der Waals surface area contributed by atoms with E-state index in [-0.39, 0.29) is 37.5 Å². The van der Waals surface area contributed by atoms with Crippen molar-refractivity contribution in [2.24, 2.45) is 0 Å². The lowest BCUT2D eigenvalue weighted by atomic mass is 9.99. The first kappa shape index (κ1) is 30.8. The monoisotopic (exact) mass is 609 g/mol. The molecule has 2 aliphatic heterocycles. The molecule has 0 spiro atoms. The van der Waals surface area contributed by atoms with Crippen LogP contribution in [0.1, 0.15) is 48.3 Å². The van der Waals surface area contributed by atoms with Gasteiger partial charge in [-0.1, -0.05) is 54.6 Å². The highest BCUT2D eigenvalue weighted by Gasteiger charge is 2.35. The SMILES string of the molecule is O=C(Nc1ccc(Oc2ccccc2)cc1)Nc1ccc([C@H]2O[C@@H](CN3CCC[C@H]3CO)C[C@@H](c3ccc(CO)cc3)O2)cc1. The minimum Gasteiger partial charge on any atom is -0.457 e. The fourth-order valence-electron chi connectivity index (χ4n) is 5.88. The Kier molecular flexibility index (Phi) is 10.0. The number of amides is 2. The molecule has 2 saturated heterocycles. The summed E-state index contributed by atoms with van der Waals surface area (Å²) in [5, 5.41) is 25.0. The molecule has 0 unspecified atom stereocenters. The van der Waals surface area contributed by atoms with Crippen LogP contribution in [-0.2, 0) is 16.1 Å². The molecule has 4 atom stereocenters. The molecular formula is C36H39N3O6. The maximum Gasteiger partial charge on any atom is 0.323 e. The van der Waals surface area contributed by atoms with E-state index in [1.165, 1.54) is 0 Å². The van der Waals surface area contributed by atoms with E-state index in [9.17, 15) is 15.0 Å². The lowest BCUT2D eigenvalue weighted by molar-refractivity contribution is -0.253. The van der Waals surface area contributed by atoms with Gasteiger partial charge in [0, 0.05) is 35.9 Å². The molecule has 234 valence electrons. The summed E-state index contributed by atoms with van der Waals surface area (Å²) in [6, 6.07) is 31.8. The maximum atomic E-state index is 12.7. The zero-order chi connectivity index (χ0) is 31.0. The third kappa shape index (κ3) is 8.08. The van der Waals surface area contributed by atoms with Gasteiger partial charge >= 0.3 is 6.03 Å². The highest BCUT2D eigenvalue weighted by Crippen LogP contribution is 2.39. The molecule has 0 bridgehead atoms. The number of hydrogen-bond donors (Lipinski definition) is 4. The summed E-state index contributed by atoms with van der Waals surface area (Å²) in [6.07, 6.45) is 1.87. The standard InChI is InChI=1S/C36H39N3O6/c40-23-25-8-10-26(11-9-25)34-21-33(22-39-20-4-5-30(39)24-41)44-35(45-34)27-12-14-28(15-13-27)37-36(42)38-29-16-18-32(19-17-29)43-31-6-2-1-3-7-31/h1-3,6-19,30,33-35,40-41H,4-5,20-24H2,(H2,37,38,42)/t30-,33+,34-,35-/m0/s1. The number of nitrogens with one attached hydrogen (secondary N) is 2. The summed E-state index contributed by atoms with van der Waals surface area (Å²) in [4.78, 5) is 15.0. The molecule has 0 saturated carbocycles. The summed E-state index contributed by atoms with van der Waals surface area (Å²) >= 11 is 0. The number of rotatable bonds is 10. The summed E-state index contributed by atoms with van der Waals surface area (Å²) in [5.41, 5.74) is 3.99. The molecule has 0 radical (unpaired) electrons. The lowest BCUT2D eigenvalue weighted by Crippen LogP contribution is -2.42. The summed E-state index contributed by atoms with van der Waals surface area (Å²) in [5.74, 6) is 1.42. The molecule has 9 heteroatoms. The molecule has 4 N–H and O–H groups in total. The van der Waals surface area contributed by atoms with Crippen LogP contribution < -0.4 is 15.4 Å². The molecule has 2 amide bonds. The number of nitrogens with zero attached hydrogens (tertiary/aromatic N) is 1. The lowest BCUT2D eigenvalue weighted by Gasteiger charge is -2.38. The summed E-state index contributed by atoms with van der Waals surface area (Å²) in [7, 11) is 0. The van der Waals surface area contributed by atoms with Crippen LogP contribution in [0, 0.1) is 0 Å². The Morgan fingerprint density at radius 2 is 1.44 bits per heavy atom. The second-order valence-corrected chi connectivity index (χ2v) is 11.5. The zero-order valence-electron chi connectivity index (χ0n) is 25.0. The number of para-hydroxylation sites is 1. The number of benzene rings is 4. The van der Waals surface area contributed by atoms with Gasteiger partial charge in [-0.3, -0.25) is 4.90 Å². The van der Waals surface area contributed by atoms with Crippen LogP contribution in [0.3, 0.4) is 0 Å². The highest BCUT2D eigenvalue weighted by molar-refractivity contribution is 5.99. The molecule has 2 fully saturated rings. The van der Waals surface area contributed by atoms with Crippen LogP contribution in [0.2, 0.25) is 0 Å². The number of carbonyl (C=O) groups is 1. The van der Waals surface area contributed by atoms with Crippen LogP contribution in [-0.4, -0.2) is 53.0 Å². The van der Waals surface area contributed by atoms with Crippen molar-refractivity contribution in [2.45, 2.75) is 50.4 Å². The van der Waals surface area contributed by atoms with E-state index >= 15 is 0 Å². The average Bonchev–Trinajstić information content (AvgIpc) is 3.53. The van der Waals surface area contributed by atoms with Crippen molar-refractivity contribution in [3.8, 4) is 11.5 Å². The highest BCUT2D eigenvalue weighted by atomic mass is 16.7. The van der Waals surface area contributed by atoms with Gasteiger partial charge in [0.25, 0.3) is 0 Å². The number of hydrogen-bond acceptors (Lipinski definition) is 7. The van der Waals surface area contributed by atoms with Gasteiger partial charge in [-0.25, -0.2) is 4.79 Å². The predicted molar refractivity (Wildman–Crippen MR) is 172 cm³/mol. The van der Waals surface area contributed by atoms with E-state index in [0.717, 1.165) is 48.4 Å². The second-order valence-electron chi connectivity index (χ2n) is 11.5. The van der Waals surface area contributed by atoms with E-state index in [4.69, 9.17) is 14.2 Å². The molecule has 0 aliphatic carbocycles. The van der Waals surface area contributed by atoms with Crippen molar-refractivity contribution in [3.05, 3.63) is 120 Å². The molecule has 2 aliphatic rings. The van der Waals surface area contributed by atoms with Gasteiger partial charge in [0.2, 0.25) is 0 Å². The number of anilines is 2. The number of aliphatic hydroxyl groups excluding tert-OH is 2. The third-order valence-electron chi connectivity index (χ3n) is 8.29. The van der Waals surface area contributed by atoms with Crippen molar-refractivity contribution in [1.29, 1.82) is 0 Å². The Balaban J connectivity index is 1.08. The summed E-state index contributed by atoms with van der Waals surface area (Å²) in [6.45, 7) is 1.80. The average molecular weight is 610 g/mol. The van der Waals surface area contributed by atoms with Crippen LogP contribution in [0.5, 0.6) is 11.5 Å². The van der Waals surface area contributed by atoms with Crippen molar-refractivity contribution < 1.29 is 29.2 Å². The van der Waals surface area contributed by atoms with E-state index in [0.29, 0.717) is 23.5 Å². The Morgan fingerprint density at radius 3 is 2.11 bits per heavy atom. The van der Waals surface area contributed by atoms with E-state index in [1.807, 2.05) is 78.9 Å². The molecule has 45 heavy (non-hydrogen) atoms. The van der Waals surface area contributed by atoms with Gasteiger partial charge in [0.05, 0.1) is 25.4 Å². The molecule has 0 aromatic heterocycles. The minimum atomic E-state index is -0.596. The van der Waals surface area contributed by atoms with Gasteiger partial charge < -0.3 is 35.1 Å². The number of carbonyl (C=O) groups excluding carboxylic acids is 1. The quantitative estimate of drug-likeness (QED) is 0.160.